The molecule has 5 heteroatoms. The number of amides is 1. The fourth-order valence-corrected chi connectivity index (χ4v) is 3.33. The topological polar surface area (TPSA) is 64.4 Å². The minimum absolute atomic E-state index is 0. The van der Waals surface area contributed by atoms with Crippen LogP contribution in [-0.4, -0.2) is 24.7 Å². The molecule has 1 fully saturated rings. The van der Waals surface area contributed by atoms with Crippen molar-refractivity contribution in [3.8, 4) is 0 Å². The molecule has 0 radical (unpaired) electrons. The van der Waals surface area contributed by atoms with Crippen molar-refractivity contribution < 1.29 is 9.53 Å². The fourth-order valence-electron chi connectivity index (χ4n) is 3.33. The Morgan fingerprint density at radius 2 is 2.14 bits per heavy atom. The Morgan fingerprint density at radius 3 is 2.86 bits per heavy atom. The Hall–Kier alpha value is -1.10. The molecule has 2 aliphatic rings. The smallest absolute Gasteiger partial charge is 0.249 e. The maximum atomic E-state index is 12.3. The molecule has 21 heavy (non-hydrogen) atoms. The summed E-state index contributed by atoms with van der Waals surface area (Å²) in [5.74, 6) is 0.442. The SMILES string of the molecule is CC1Cc2ccccc2C1NC(=O)[C@@H]1CC[C@H](CN)O1.Cl. The number of halogens is 1. The third-order valence-corrected chi connectivity index (χ3v) is 4.46. The van der Waals surface area contributed by atoms with Crippen LogP contribution in [0.5, 0.6) is 0 Å². The van der Waals surface area contributed by atoms with Crippen LogP contribution in [0.15, 0.2) is 24.3 Å². The molecule has 1 amide bonds. The van der Waals surface area contributed by atoms with E-state index in [1.807, 2.05) is 6.07 Å². The van der Waals surface area contributed by atoms with Crippen molar-refractivity contribution in [3.63, 3.8) is 0 Å². The molecule has 2 unspecified atom stereocenters. The molecule has 0 aromatic heterocycles. The van der Waals surface area contributed by atoms with Crippen LogP contribution >= 0.6 is 12.4 Å². The van der Waals surface area contributed by atoms with Gasteiger partial charge in [-0.1, -0.05) is 31.2 Å². The van der Waals surface area contributed by atoms with Gasteiger partial charge in [0, 0.05) is 6.54 Å². The normalized spacial score (nSPS) is 30.6. The molecule has 116 valence electrons. The lowest BCUT2D eigenvalue weighted by Gasteiger charge is -2.21. The molecule has 0 spiro atoms. The second-order valence-corrected chi connectivity index (χ2v) is 5.93. The van der Waals surface area contributed by atoms with Crippen LogP contribution in [0, 0.1) is 5.92 Å². The molecule has 0 bridgehead atoms. The van der Waals surface area contributed by atoms with Crippen molar-refractivity contribution in [2.75, 3.05) is 6.54 Å². The Kier molecular flexibility index (Phi) is 5.25. The summed E-state index contributed by atoms with van der Waals surface area (Å²) in [5.41, 5.74) is 8.18. The monoisotopic (exact) mass is 310 g/mol. The van der Waals surface area contributed by atoms with Crippen LogP contribution < -0.4 is 11.1 Å². The average Bonchev–Trinajstić information content (AvgIpc) is 3.04. The van der Waals surface area contributed by atoms with E-state index in [0.717, 1.165) is 19.3 Å². The van der Waals surface area contributed by atoms with Crippen molar-refractivity contribution in [2.24, 2.45) is 11.7 Å². The van der Waals surface area contributed by atoms with Crippen LogP contribution in [0.25, 0.3) is 0 Å². The first kappa shape index (κ1) is 16.3. The predicted octanol–water partition coefficient (Wildman–Crippen LogP) is 1.96. The first-order valence-corrected chi connectivity index (χ1v) is 7.42. The maximum Gasteiger partial charge on any atom is 0.249 e. The van der Waals surface area contributed by atoms with E-state index in [1.54, 1.807) is 0 Å². The number of benzene rings is 1. The molecule has 3 rings (SSSR count). The lowest BCUT2D eigenvalue weighted by Crippen LogP contribution is -2.38. The van der Waals surface area contributed by atoms with E-state index < -0.39 is 0 Å². The van der Waals surface area contributed by atoms with Gasteiger partial charge in [0.05, 0.1) is 12.1 Å². The van der Waals surface area contributed by atoms with Gasteiger partial charge in [-0.05, 0) is 36.3 Å². The number of carbonyl (C=O) groups is 1. The molecular weight excluding hydrogens is 288 g/mol. The Balaban J connectivity index is 0.00000161. The van der Waals surface area contributed by atoms with Gasteiger partial charge in [-0.3, -0.25) is 4.79 Å². The second kappa shape index (κ2) is 6.77. The van der Waals surface area contributed by atoms with E-state index >= 15 is 0 Å². The zero-order valence-electron chi connectivity index (χ0n) is 12.2. The summed E-state index contributed by atoms with van der Waals surface area (Å²) < 4.78 is 5.67. The number of carbonyl (C=O) groups excluding carboxylic acids is 1. The highest BCUT2D eigenvalue weighted by Gasteiger charge is 2.35. The number of hydrogen-bond donors (Lipinski definition) is 2. The molecule has 4 nitrogen and oxygen atoms in total. The Bertz CT molecular complexity index is 509. The summed E-state index contributed by atoms with van der Waals surface area (Å²) in [5, 5.41) is 3.17. The van der Waals surface area contributed by atoms with Gasteiger partial charge < -0.3 is 15.8 Å². The van der Waals surface area contributed by atoms with Gasteiger partial charge in [0.15, 0.2) is 0 Å². The third-order valence-electron chi connectivity index (χ3n) is 4.46. The van der Waals surface area contributed by atoms with Crippen molar-refractivity contribution in [3.05, 3.63) is 35.4 Å². The molecule has 1 saturated heterocycles. The van der Waals surface area contributed by atoms with Crippen molar-refractivity contribution in [1.82, 2.24) is 5.32 Å². The largest absolute Gasteiger partial charge is 0.364 e. The predicted molar refractivity (Wildman–Crippen MR) is 84.4 cm³/mol. The first-order valence-electron chi connectivity index (χ1n) is 7.42. The molecule has 1 aliphatic carbocycles. The second-order valence-electron chi connectivity index (χ2n) is 5.93. The lowest BCUT2D eigenvalue weighted by molar-refractivity contribution is -0.132. The molecule has 3 N–H and O–H groups in total. The molecule has 1 heterocycles. The standard InChI is InChI=1S/C16H22N2O2.ClH/c1-10-8-11-4-2-3-5-13(11)15(10)18-16(19)14-7-6-12(9-17)20-14;/h2-5,10,12,14-15H,6-9,17H2,1H3,(H,18,19);1H/t10?,12-,14+,15?;/m1./s1. The molecule has 0 saturated carbocycles. The molecule has 1 aromatic carbocycles. The summed E-state index contributed by atoms with van der Waals surface area (Å²) in [7, 11) is 0. The van der Waals surface area contributed by atoms with Crippen molar-refractivity contribution in [2.45, 2.75) is 44.4 Å². The number of nitrogens with two attached hydrogens (primary N) is 1. The van der Waals surface area contributed by atoms with Gasteiger partial charge in [-0.15, -0.1) is 12.4 Å². The van der Waals surface area contributed by atoms with Crippen molar-refractivity contribution >= 4 is 18.3 Å². The van der Waals surface area contributed by atoms with Gasteiger partial charge in [0.25, 0.3) is 0 Å². The molecular formula is C16H23ClN2O2. The van der Waals surface area contributed by atoms with Crippen molar-refractivity contribution in [1.29, 1.82) is 0 Å². The first-order chi connectivity index (χ1) is 9.69. The van der Waals surface area contributed by atoms with Gasteiger partial charge in [-0.25, -0.2) is 0 Å². The lowest BCUT2D eigenvalue weighted by atomic mass is 10.0. The van der Waals surface area contributed by atoms with Gasteiger partial charge in [-0.2, -0.15) is 0 Å². The number of nitrogens with one attached hydrogen (secondary N) is 1. The van der Waals surface area contributed by atoms with E-state index in [2.05, 4.69) is 30.4 Å². The van der Waals surface area contributed by atoms with Crippen LogP contribution in [0.4, 0.5) is 0 Å². The maximum absolute atomic E-state index is 12.3. The summed E-state index contributed by atoms with van der Waals surface area (Å²) in [6.45, 7) is 2.68. The number of fused-ring (bicyclic) bond motifs is 1. The summed E-state index contributed by atoms with van der Waals surface area (Å²) in [6, 6.07) is 8.46. The molecule has 1 aliphatic heterocycles. The number of hydrogen-bond acceptors (Lipinski definition) is 3. The minimum atomic E-state index is -0.330. The molecule has 4 atom stereocenters. The third kappa shape index (κ3) is 3.23. The zero-order chi connectivity index (χ0) is 14.1. The fraction of sp³-hybridized carbons (Fsp3) is 0.562. The highest BCUT2D eigenvalue weighted by molar-refractivity contribution is 5.85. The van der Waals surface area contributed by atoms with E-state index in [1.165, 1.54) is 11.1 Å². The van der Waals surface area contributed by atoms with Crippen LogP contribution in [-0.2, 0) is 16.0 Å². The minimum Gasteiger partial charge on any atom is -0.364 e. The summed E-state index contributed by atoms with van der Waals surface area (Å²) >= 11 is 0. The van der Waals surface area contributed by atoms with Crippen LogP contribution in [0.2, 0.25) is 0 Å². The zero-order valence-corrected chi connectivity index (χ0v) is 13.1. The number of rotatable bonds is 3. The van der Waals surface area contributed by atoms with E-state index in [4.69, 9.17) is 10.5 Å². The highest BCUT2D eigenvalue weighted by Crippen LogP contribution is 2.36. The van der Waals surface area contributed by atoms with Gasteiger partial charge in [0.1, 0.15) is 6.10 Å². The van der Waals surface area contributed by atoms with Crippen LogP contribution in [0.1, 0.15) is 36.9 Å². The Morgan fingerprint density at radius 1 is 1.38 bits per heavy atom. The number of ether oxygens (including phenoxy) is 1. The Labute approximate surface area is 131 Å². The quantitative estimate of drug-likeness (QED) is 0.897. The summed E-state index contributed by atoms with van der Waals surface area (Å²) in [6.07, 6.45) is 2.39. The van der Waals surface area contributed by atoms with E-state index in [9.17, 15) is 4.79 Å². The average molecular weight is 311 g/mol. The van der Waals surface area contributed by atoms with E-state index in [-0.39, 0.29) is 36.6 Å². The molecule has 1 aromatic rings. The van der Waals surface area contributed by atoms with Gasteiger partial charge >= 0.3 is 0 Å². The van der Waals surface area contributed by atoms with Gasteiger partial charge in [0.2, 0.25) is 5.91 Å². The van der Waals surface area contributed by atoms with E-state index in [0.29, 0.717) is 12.5 Å². The highest BCUT2D eigenvalue weighted by atomic mass is 35.5. The summed E-state index contributed by atoms with van der Waals surface area (Å²) in [4.78, 5) is 12.3. The van der Waals surface area contributed by atoms with Crippen LogP contribution in [0.3, 0.4) is 0 Å².